The number of hydrogen-bond donors (Lipinski definition) is 2. The number of benzene rings is 2. The Hall–Kier alpha value is -3.20. The van der Waals surface area contributed by atoms with Crippen molar-refractivity contribution in [1.29, 1.82) is 0 Å². The largest absolute Gasteiger partial charge is 0.333 e. The van der Waals surface area contributed by atoms with Gasteiger partial charge in [-0.05, 0) is 42.8 Å². The second-order valence-corrected chi connectivity index (χ2v) is 6.96. The fraction of sp³-hybridized carbons (Fsp3) is 0.111. The second-order valence-electron chi connectivity index (χ2n) is 5.63. The van der Waals surface area contributed by atoms with E-state index < -0.39 is 10.2 Å². The van der Waals surface area contributed by atoms with Gasteiger partial charge in [0.25, 0.3) is 5.69 Å². The molecule has 0 aliphatic carbocycles. The third-order valence-electron chi connectivity index (χ3n) is 3.72. The fourth-order valence-electron chi connectivity index (χ4n) is 2.33. The van der Waals surface area contributed by atoms with Gasteiger partial charge in [0.1, 0.15) is 11.5 Å². The molecule has 9 heteroatoms. The Kier molecular flexibility index (Phi) is 5.51. The maximum absolute atomic E-state index is 13.0. The molecular formula is C18H15FN4O3S. The van der Waals surface area contributed by atoms with E-state index in [0.717, 1.165) is 5.56 Å². The number of nitrogens with one attached hydrogen (secondary N) is 2. The van der Waals surface area contributed by atoms with E-state index in [2.05, 4.69) is 15.3 Å². The molecule has 0 aliphatic heterocycles. The number of thioether (sulfide) groups is 1. The number of halogens is 1. The molecule has 1 aromatic heterocycles. The molecule has 2 aromatic carbocycles. The van der Waals surface area contributed by atoms with Gasteiger partial charge >= 0.3 is 0 Å². The van der Waals surface area contributed by atoms with E-state index in [4.69, 9.17) is 0 Å². The van der Waals surface area contributed by atoms with E-state index in [-0.39, 0.29) is 23.1 Å². The summed E-state index contributed by atoms with van der Waals surface area (Å²) in [5, 5.41) is 13.6. The summed E-state index contributed by atoms with van der Waals surface area (Å²) in [4.78, 5) is 30.1. The third-order valence-corrected chi connectivity index (χ3v) is 4.72. The Morgan fingerprint density at radius 2 is 1.96 bits per heavy atom. The molecule has 3 aromatic rings. The number of para-hydroxylation sites is 2. The van der Waals surface area contributed by atoms with Crippen molar-refractivity contribution in [1.82, 2.24) is 9.97 Å². The van der Waals surface area contributed by atoms with Gasteiger partial charge in [0.2, 0.25) is 5.91 Å². The Bertz CT molecular complexity index is 975. The van der Waals surface area contributed by atoms with Crippen molar-refractivity contribution < 1.29 is 14.1 Å². The molecule has 7 nitrogen and oxygen atoms in total. The number of aromatic amines is 1. The van der Waals surface area contributed by atoms with Crippen LogP contribution < -0.4 is 5.32 Å². The summed E-state index contributed by atoms with van der Waals surface area (Å²) in [5.74, 6) is -0.706. The van der Waals surface area contributed by atoms with Crippen LogP contribution in [0.3, 0.4) is 0 Å². The highest BCUT2D eigenvalue weighted by atomic mass is 32.2. The zero-order chi connectivity index (χ0) is 19.4. The van der Waals surface area contributed by atoms with Gasteiger partial charge in [-0.15, -0.1) is 0 Å². The molecule has 1 heterocycles. The molecule has 0 radical (unpaired) electrons. The summed E-state index contributed by atoms with van der Waals surface area (Å²) >= 11 is 1.18. The van der Waals surface area contributed by atoms with Gasteiger partial charge in [-0.25, -0.2) is 9.37 Å². The molecule has 0 saturated carbocycles. The van der Waals surface area contributed by atoms with Crippen LogP contribution >= 0.6 is 11.8 Å². The van der Waals surface area contributed by atoms with Crippen molar-refractivity contribution in [2.45, 2.75) is 17.3 Å². The zero-order valence-electron chi connectivity index (χ0n) is 14.2. The van der Waals surface area contributed by atoms with Gasteiger partial charge in [0, 0.05) is 6.07 Å². The van der Waals surface area contributed by atoms with Crippen LogP contribution in [0.25, 0.3) is 11.3 Å². The lowest BCUT2D eigenvalue weighted by molar-refractivity contribution is -0.383. The third kappa shape index (κ3) is 4.50. The number of anilines is 1. The monoisotopic (exact) mass is 386 g/mol. The maximum atomic E-state index is 13.0. The summed E-state index contributed by atoms with van der Waals surface area (Å²) in [6, 6.07) is 11.9. The number of nitro benzene ring substituents is 1. The number of amides is 1. The molecule has 3 rings (SSSR count). The first-order valence-corrected chi connectivity index (χ1v) is 8.84. The Labute approximate surface area is 158 Å². The number of aromatic nitrogens is 2. The van der Waals surface area contributed by atoms with Gasteiger partial charge in [-0.3, -0.25) is 14.9 Å². The van der Waals surface area contributed by atoms with Crippen molar-refractivity contribution in [2.24, 2.45) is 0 Å². The highest BCUT2D eigenvalue weighted by Gasteiger charge is 2.20. The van der Waals surface area contributed by atoms with Crippen LogP contribution in [0.15, 0.2) is 59.9 Å². The van der Waals surface area contributed by atoms with E-state index in [1.54, 1.807) is 31.3 Å². The van der Waals surface area contributed by atoms with Gasteiger partial charge < -0.3 is 10.3 Å². The lowest BCUT2D eigenvalue weighted by Crippen LogP contribution is -2.23. The Balaban J connectivity index is 1.67. The Morgan fingerprint density at radius 1 is 1.26 bits per heavy atom. The molecule has 1 unspecified atom stereocenters. The summed E-state index contributed by atoms with van der Waals surface area (Å²) in [7, 11) is 0. The van der Waals surface area contributed by atoms with Gasteiger partial charge in [-0.1, -0.05) is 23.9 Å². The minimum absolute atomic E-state index is 0.145. The molecule has 2 N–H and O–H groups in total. The van der Waals surface area contributed by atoms with Crippen molar-refractivity contribution in [3.63, 3.8) is 0 Å². The van der Waals surface area contributed by atoms with Crippen molar-refractivity contribution in [3.05, 3.63) is 70.7 Å². The first-order valence-electron chi connectivity index (χ1n) is 7.96. The summed E-state index contributed by atoms with van der Waals surface area (Å²) in [6.45, 7) is 1.68. The van der Waals surface area contributed by atoms with E-state index in [9.17, 15) is 19.3 Å². The van der Waals surface area contributed by atoms with Crippen LogP contribution in [0.5, 0.6) is 0 Å². The zero-order valence-corrected chi connectivity index (χ0v) is 15.0. The highest BCUT2D eigenvalue weighted by molar-refractivity contribution is 8.00. The van der Waals surface area contributed by atoms with E-state index in [1.165, 1.54) is 42.1 Å². The molecule has 138 valence electrons. The van der Waals surface area contributed by atoms with Gasteiger partial charge in [-0.2, -0.15) is 0 Å². The molecule has 27 heavy (non-hydrogen) atoms. The van der Waals surface area contributed by atoms with Crippen LogP contribution in [-0.2, 0) is 4.79 Å². The van der Waals surface area contributed by atoms with Crippen molar-refractivity contribution in [2.75, 3.05) is 5.32 Å². The Morgan fingerprint density at radius 3 is 2.67 bits per heavy atom. The highest BCUT2D eigenvalue weighted by Crippen LogP contribution is 2.27. The van der Waals surface area contributed by atoms with Crippen LogP contribution in [0.2, 0.25) is 0 Å². The lowest BCUT2D eigenvalue weighted by Gasteiger charge is -2.10. The van der Waals surface area contributed by atoms with Crippen molar-refractivity contribution >= 4 is 29.0 Å². The molecule has 0 fully saturated rings. The quantitative estimate of drug-likeness (QED) is 0.375. The maximum Gasteiger partial charge on any atom is 0.292 e. The predicted molar refractivity (Wildman–Crippen MR) is 101 cm³/mol. The van der Waals surface area contributed by atoms with Gasteiger partial charge in [0.05, 0.1) is 22.1 Å². The minimum atomic E-state index is -0.547. The number of hydrogen-bond acceptors (Lipinski definition) is 5. The molecule has 0 aliphatic rings. The van der Waals surface area contributed by atoms with Crippen LogP contribution in [-0.4, -0.2) is 26.0 Å². The number of H-pyrrole nitrogens is 1. The topological polar surface area (TPSA) is 101 Å². The van der Waals surface area contributed by atoms with E-state index in [1.807, 2.05) is 0 Å². The van der Waals surface area contributed by atoms with Crippen molar-refractivity contribution in [3.8, 4) is 11.3 Å². The SMILES string of the molecule is CC(Sc1ncc(-c2ccc(F)cc2)[nH]1)C(=O)Nc1ccccc1[N+](=O)[O-]. The number of carbonyl (C=O) groups excluding carboxylic acids is 1. The minimum Gasteiger partial charge on any atom is -0.333 e. The van der Waals surface area contributed by atoms with Crippen LogP contribution in [0, 0.1) is 15.9 Å². The molecule has 0 spiro atoms. The molecular weight excluding hydrogens is 371 g/mol. The first-order chi connectivity index (χ1) is 12.9. The standard InChI is InChI=1S/C18H15FN4O3S/c1-11(17(24)21-14-4-2-3-5-16(14)23(25)26)27-18-20-10-15(22-18)12-6-8-13(19)9-7-12/h2-11H,1H3,(H,20,22)(H,21,24). The second kappa shape index (κ2) is 8.00. The number of rotatable bonds is 6. The summed E-state index contributed by atoms with van der Waals surface area (Å²) in [6.07, 6.45) is 1.60. The number of nitrogens with zero attached hydrogens (tertiary/aromatic N) is 2. The van der Waals surface area contributed by atoms with Gasteiger partial charge in [0.15, 0.2) is 5.16 Å². The van der Waals surface area contributed by atoms with E-state index >= 15 is 0 Å². The fourth-order valence-corrected chi connectivity index (χ4v) is 3.12. The summed E-state index contributed by atoms with van der Waals surface area (Å²) < 4.78 is 13.0. The normalized spacial score (nSPS) is 11.8. The number of carbonyl (C=O) groups is 1. The average molecular weight is 386 g/mol. The van der Waals surface area contributed by atoms with E-state index in [0.29, 0.717) is 10.9 Å². The molecule has 1 atom stereocenters. The smallest absolute Gasteiger partial charge is 0.292 e. The molecule has 0 saturated heterocycles. The average Bonchev–Trinajstić information content (AvgIpc) is 3.11. The number of nitro groups is 1. The summed E-state index contributed by atoms with van der Waals surface area (Å²) in [5.41, 5.74) is 1.45. The van der Waals surface area contributed by atoms with Crippen LogP contribution in [0.1, 0.15) is 6.92 Å². The van der Waals surface area contributed by atoms with Crippen LogP contribution in [0.4, 0.5) is 15.8 Å². The first kappa shape index (κ1) is 18.6. The number of imidazole rings is 1. The predicted octanol–water partition coefficient (Wildman–Crippen LogP) is 4.24. The molecule has 0 bridgehead atoms. The lowest BCUT2D eigenvalue weighted by atomic mass is 10.2. The molecule has 1 amide bonds.